The van der Waals surface area contributed by atoms with Gasteiger partial charge < -0.3 is 4.98 Å². The van der Waals surface area contributed by atoms with Gasteiger partial charge in [-0.2, -0.15) is 10.4 Å². The Morgan fingerprint density at radius 2 is 1.79 bits per heavy atom. The fraction of sp³-hybridized carbons (Fsp3) is 0.0417. The van der Waals surface area contributed by atoms with Gasteiger partial charge in [-0.3, -0.25) is 4.68 Å². The molecule has 0 spiro atoms. The van der Waals surface area contributed by atoms with Crippen molar-refractivity contribution in [3.63, 3.8) is 0 Å². The molecule has 0 saturated carbocycles. The van der Waals surface area contributed by atoms with Gasteiger partial charge in [0, 0.05) is 29.5 Å². The molecule has 3 heterocycles. The van der Waals surface area contributed by atoms with Crippen molar-refractivity contribution in [2.24, 2.45) is 0 Å². The monoisotopic (exact) mass is 375 g/mol. The lowest BCUT2D eigenvalue weighted by atomic mass is 9.99. The predicted octanol–water partition coefficient (Wildman–Crippen LogP) is 5.01. The van der Waals surface area contributed by atoms with Crippen LogP contribution in [0, 0.1) is 11.3 Å². The molecule has 5 nitrogen and oxygen atoms in total. The second kappa shape index (κ2) is 7.10. The lowest BCUT2D eigenvalue weighted by molar-refractivity contribution is 0.687. The summed E-state index contributed by atoms with van der Waals surface area (Å²) in [4.78, 5) is 7.49. The molecule has 138 valence electrons. The number of rotatable bonds is 4. The Morgan fingerprint density at radius 1 is 0.931 bits per heavy atom. The third kappa shape index (κ3) is 3.17. The largest absolute Gasteiger partial charge is 0.346 e. The molecule has 0 bridgehead atoms. The van der Waals surface area contributed by atoms with Crippen molar-refractivity contribution in [3.05, 3.63) is 96.6 Å². The summed E-state index contributed by atoms with van der Waals surface area (Å²) in [5.74, 6) is 0. The SMILES string of the molecule is N#Cc1ccccc1-c1ccc(Cn2cc(-c3ccnc4[nH]ccc34)cn2)cc1. The highest BCUT2D eigenvalue weighted by Crippen LogP contribution is 2.27. The van der Waals surface area contributed by atoms with Crippen molar-refractivity contribution < 1.29 is 0 Å². The smallest absolute Gasteiger partial charge is 0.137 e. The van der Waals surface area contributed by atoms with Crippen LogP contribution in [-0.4, -0.2) is 19.7 Å². The lowest BCUT2D eigenvalue weighted by Gasteiger charge is -2.06. The Kier molecular flexibility index (Phi) is 4.15. The first-order valence-corrected chi connectivity index (χ1v) is 9.35. The highest BCUT2D eigenvalue weighted by molar-refractivity contribution is 5.92. The van der Waals surface area contributed by atoms with E-state index in [-0.39, 0.29) is 0 Å². The topological polar surface area (TPSA) is 70.3 Å². The fourth-order valence-electron chi connectivity index (χ4n) is 3.61. The number of hydrogen-bond acceptors (Lipinski definition) is 3. The molecule has 0 radical (unpaired) electrons. The van der Waals surface area contributed by atoms with Gasteiger partial charge in [0.2, 0.25) is 0 Å². The predicted molar refractivity (Wildman–Crippen MR) is 113 cm³/mol. The second-order valence-corrected chi connectivity index (χ2v) is 6.88. The molecule has 0 amide bonds. The van der Waals surface area contributed by atoms with Crippen molar-refractivity contribution in [3.8, 4) is 28.3 Å². The molecule has 0 fully saturated rings. The Morgan fingerprint density at radius 3 is 2.66 bits per heavy atom. The summed E-state index contributed by atoms with van der Waals surface area (Å²) in [6, 6.07) is 22.2. The van der Waals surface area contributed by atoms with Crippen LogP contribution in [0.1, 0.15) is 11.1 Å². The van der Waals surface area contributed by atoms with E-state index in [1.165, 1.54) is 0 Å². The molecule has 5 rings (SSSR count). The van der Waals surface area contributed by atoms with Crippen LogP contribution in [-0.2, 0) is 6.54 Å². The Bertz CT molecular complexity index is 1340. The van der Waals surface area contributed by atoms with Crippen LogP contribution in [0.5, 0.6) is 0 Å². The molecule has 0 aliphatic rings. The maximum Gasteiger partial charge on any atom is 0.137 e. The summed E-state index contributed by atoms with van der Waals surface area (Å²) in [5, 5.41) is 14.9. The van der Waals surface area contributed by atoms with Gasteiger partial charge in [-0.25, -0.2) is 4.98 Å². The number of aromatic amines is 1. The minimum absolute atomic E-state index is 0.682. The van der Waals surface area contributed by atoms with Crippen LogP contribution in [0.4, 0.5) is 0 Å². The number of nitriles is 1. The number of nitrogens with zero attached hydrogens (tertiary/aromatic N) is 4. The van der Waals surface area contributed by atoms with Gasteiger partial charge in [0.1, 0.15) is 5.65 Å². The number of nitrogens with one attached hydrogen (secondary N) is 1. The average molecular weight is 375 g/mol. The van der Waals surface area contributed by atoms with Crippen LogP contribution in [0.2, 0.25) is 0 Å². The van der Waals surface area contributed by atoms with Crippen molar-refractivity contribution in [1.82, 2.24) is 19.7 Å². The van der Waals surface area contributed by atoms with Crippen LogP contribution >= 0.6 is 0 Å². The standard InChI is InChI=1S/C24H17N5/c25-13-19-3-1-2-4-21(19)18-7-5-17(6-8-18)15-29-16-20(14-28-29)22-9-11-26-24-23(22)10-12-27-24/h1-12,14,16H,15H2,(H,26,27). The summed E-state index contributed by atoms with van der Waals surface area (Å²) in [6.07, 6.45) is 7.65. The zero-order valence-corrected chi connectivity index (χ0v) is 15.6. The average Bonchev–Trinajstić information content (AvgIpc) is 3.43. The molecule has 5 heteroatoms. The minimum atomic E-state index is 0.682. The molecule has 3 aromatic heterocycles. The van der Waals surface area contributed by atoms with E-state index in [0.717, 1.165) is 38.9 Å². The zero-order chi connectivity index (χ0) is 19.6. The van der Waals surface area contributed by atoms with Crippen LogP contribution in [0.3, 0.4) is 0 Å². The first-order chi connectivity index (χ1) is 14.3. The van der Waals surface area contributed by atoms with Gasteiger partial charge >= 0.3 is 0 Å². The molecular formula is C24H17N5. The van der Waals surface area contributed by atoms with Gasteiger partial charge in [-0.05, 0) is 40.5 Å². The number of aromatic nitrogens is 4. The maximum absolute atomic E-state index is 9.31. The van der Waals surface area contributed by atoms with Crippen LogP contribution in [0.25, 0.3) is 33.3 Å². The van der Waals surface area contributed by atoms with Gasteiger partial charge in [0.25, 0.3) is 0 Å². The summed E-state index contributed by atoms with van der Waals surface area (Å²) in [7, 11) is 0. The van der Waals surface area contributed by atoms with E-state index in [1.807, 2.05) is 59.7 Å². The summed E-state index contributed by atoms with van der Waals surface area (Å²) in [6.45, 7) is 0.682. The van der Waals surface area contributed by atoms with E-state index in [4.69, 9.17) is 0 Å². The molecule has 0 aliphatic heterocycles. The van der Waals surface area contributed by atoms with E-state index >= 15 is 0 Å². The van der Waals surface area contributed by atoms with Crippen molar-refractivity contribution in [1.29, 1.82) is 5.26 Å². The maximum atomic E-state index is 9.31. The minimum Gasteiger partial charge on any atom is -0.346 e. The Labute approximate surface area is 167 Å². The number of benzene rings is 2. The van der Waals surface area contributed by atoms with Crippen LogP contribution in [0.15, 0.2) is 85.5 Å². The van der Waals surface area contributed by atoms with Crippen LogP contribution < -0.4 is 0 Å². The van der Waals surface area contributed by atoms with E-state index in [0.29, 0.717) is 12.1 Å². The Balaban J connectivity index is 1.39. The second-order valence-electron chi connectivity index (χ2n) is 6.88. The third-order valence-electron chi connectivity index (χ3n) is 5.06. The number of pyridine rings is 1. The van der Waals surface area contributed by atoms with E-state index in [9.17, 15) is 5.26 Å². The fourth-order valence-corrected chi connectivity index (χ4v) is 3.61. The molecule has 5 aromatic rings. The summed E-state index contributed by atoms with van der Waals surface area (Å²) < 4.78 is 1.94. The zero-order valence-electron chi connectivity index (χ0n) is 15.6. The quantitative estimate of drug-likeness (QED) is 0.480. The van der Waals surface area contributed by atoms with E-state index < -0.39 is 0 Å². The molecule has 2 aromatic carbocycles. The molecule has 0 atom stereocenters. The molecule has 0 saturated heterocycles. The van der Waals surface area contributed by atoms with Crippen molar-refractivity contribution in [2.45, 2.75) is 6.54 Å². The number of hydrogen-bond donors (Lipinski definition) is 1. The van der Waals surface area contributed by atoms with Gasteiger partial charge in [0.15, 0.2) is 0 Å². The van der Waals surface area contributed by atoms with Gasteiger partial charge in [0.05, 0.1) is 24.4 Å². The summed E-state index contributed by atoms with van der Waals surface area (Å²) >= 11 is 0. The molecule has 29 heavy (non-hydrogen) atoms. The van der Waals surface area contributed by atoms with Gasteiger partial charge in [-0.1, -0.05) is 42.5 Å². The van der Waals surface area contributed by atoms with Crippen molar-refractivity contribution in [2.75, 3.05) is 0 Å². The molecule has 1 N–H and O–H groups in total. The highest BCUT2D eigenvalue weighted by atomic mass is 15.3. The molecule has 0 unspecified atom stereocenters. The first-order valence-electron chi connectivity index (χ1n) is 9.35. The first kappa shape index (κ1) is 17.0. The Hall–Kier alpha value is -4.17. The van der Waals surface area contributed by atoms with E-state index in [1.54, 1.807) is 0 Å². The van der Waals surface area contributed by atoms with Gasteiger partial charge in [-0.15, -0.1) is 0 Å². The lowest BCUT2D eigenvalue weighted by Crippen LogP contribution is -1.99. The van der Waals surface area contributed by atoms with E-state index in [2.05, 4.69) is 51.6 Å². The summed E-state index contributed by atoms with van der Waals surface area (Å²) in [5.41, 5.74) is 6.89. The highest BCUT2D eigenvalue weighted by Gasteiger charge is 2.08. The normalized spacial score (nSPS) is 10.9. The molecular weight excluding hydrogens is 358 g/mol. The number of H-pyrrole nitrogens is 1. The number of fused-ring (bicyclic) bond motifs is 1. The third-order valence-corrected chi connectivity index (χ3v) is 5.06. The molecule has 0 aliphatic carbocycles. The van der Waals surface area contributed by atoms with Crippen molar-refractivity contribution >= 4 is 11.0 Å².